The van der Waals surface area contributed by atoms with Crippen LogP contribution in [0.2, 0.25) is 0 Å². The maximum Gasteiger partial charge on any atom is 0.262 e. The Labute approximate surface area is 164 Å². The predicted molar refractivity (Wildman–Crippen MR) is 110 cm³/mol. The molecule has 2 aromatic rings. The van der Waals surface area contributed by atoms with Gasteiger partial charge in [0.05, 0.1) is 11.7 Å². The van der Waals surface area contributed by atoms with E-state index in [-0.39, 0.29) is 11.5 Å². The molecule has 7 nitrogen and oxygen atoms in total. The first-order valence-corrected chi connectivity index (χ1v) is 10.4. The van der Waals surface area contributed by atoms with Crippen LogP contribution in [0.15, 0.2) is 11.1 Å². The molecule has 1 N–H and O–H groups in total. The topological polar surface area (TPSA) is 70.5 Å². The van der Waals surface area contributed by atoms with Crippen molar-refractivity contribution in [2.75, 3.05) is 46.3 Å². The van der Waals surface area contributed by atoms with Crippen molar-refractivity contribution < 1.29 is 4.79 Å². The summed E-state index contributed by atoms with van der Waals surface area (Å²) < 4.78 is 1.55. The van der Waals surface area contributed by atoms with Crippen LogP contribution in [0.4, 0.5) is 0 Å². The first-order chi connectivity index (χ1) is 13.0. The van der Waals surface area contributed by atoms with Gasteiger partial charge in [-0.2, -0.15) is 0 Å². The highest BCUT2D eigenvalue weighted by molar-refractivity contribution is 7.18. The Morgan fingerprint density at radius 1 is 1.22 bits per heavy atom. The van der Waals surface area contributed by atoms with Gasteiger partial charge in [-0.3, -0.25) is 14.2 Å². The number of carbonyl (C=O) groups is 1. The van der Waals surface area contributed by atoms with Gasteiger partial charge in [-0.05, 0) is 39.4 Å². The van der Waals surface area contributed by atoms with E-state index >= 15 is 0 Å². The lowest BCUT2D eigenvalue weighted by molar-refractivity contribution is -0.121. The monoisotopic (exact) mass is 391 g/mol. The van der Waals surface area contributed by atoms with E-state index in [1.807, 2.05) is 13.8 Å². The molecule has 8 heteroatoms. The minimum absolute atomic E-state index is 0.0152. The molecule has 148 valence electrons. The summed E-state index contributed by atoms with van der Waals surface area (Å²) in [7, 11) is 2.15. The molecule has 3 rings (SSSR count). The zero-order valence-corrected chi connectivity index (χ0v) is 17.3. The number of likely N-dealkylation sites (N-methyl/N-ethyl adjacent to an activating group) is 1. The molecule has 2 aromatic heterocycles. The van der Waals surface area contributed by atoms with E-state index in [0.29, 0.717) is 24.9 Å². The Bertz CT molecular complexity index is 852. The highest BCUT2D eigenvalue weighted by Gasteiger charge is 2.14. The molecular weight excluding hydrogens is 362 g/mol. The number of carbonyl (C=O) groups excluding carboxylic acids is 1. The molecule has 0 radical (unpaired) electrons. The molecule has 0 spiro atoms. The molecule has 0 aliphatic carbocycles. The van der Waals surface area contributed by atoms with E-state index in [9.17, 15) is 9.59 Å². The maximum absolute atomic E-state index is 12.6. The number of piperazine rings is 1. The minimum Gasteiger partial charge on any atom is -0.356 e. The number of nitrogens with zero attached hydrogens (tertiary/aromatic N) is 4. The number of rotatable bonds is 7. The Kier molecular flexibility index (Phi) is 6.62. The molecule has 1 aliphatic heterocycles. The molecular formula is C19H29N5O2S. The average molecular weight is 392 g/mol. The van der Waals surface area contributed by atoms with E-state index in [2.05, 4.69) is 27.1 Å². The van der Waals surface area contributed by atoms with Crippen LogP contribution in [0.3, 0.4) is 0 Å². The van der Waals surface area contributed by atoms with Gasteiger partial charge in [0.15, 0.2) is 0 Å². The zero-order valence-electron chi connectivity index (χ0n) is 16.5. The normalized spacial score (nSPS) is 16.1. The standard InChI is InChI=1S/C19H29N5O2S/c1-14-15(2)27-18-17(14)19(26)24(13-21-18)8-5-16(25)20-6-4-7-23-11-9-22(3)10-12-23/h13H,4-12H2,1-3H3,(H,20,25). The fourth-order valence-electron chi connectivity index (χ4n) is 3.34. The second kappa shape index (κ2) is 8.95. The largest absolute Gasteiger partial charge is 0.356 e. The zero-order chi connectivity index (χ0) is 19.4. The summed E-state index contributed by atoms with van der Waals surface area (Å²) in [5, 5.41) is 3.65. The molecule has 1 aliphatic rings. The summed E-state index contributed by atoms with van der Waals surface area (Å²) in [6, 6.07) is 0. The number of fused-ring (bicyclic) bond motifs is 1. The third kappa shape index (κ3) is 4.94. The van der Waals surface area contributed by atoms with Crippen molar-refractivity contribution in [3.8, 4) is 0 Å². The van der Waals surface area contributed by atoms with Crippen molar-refractivity contribution in [2.45, 2.75) is 33.2 Å². The van der Waals surface area contributed by atoms with Crippen molar-refractivity contribution in [2.24, 2.45) is 0 Å². The molecule has 0 bridgehead atoms. The fraction of sp³-hybridized carbons (Fsp3) is 0.632. The fourth-order valence-corrected chi connectivity index (χ4v) is 4.33. The van der Waals surface area contributed by atoms with Crippen LogP contribution in [0.25, 0.3) is 10.2 Å². The highest BCUT2D eigenvalue weighted by Crippen LogP contribution is 2.25. The number of nitrogens with one attached hydrogen (secondary N) is 1. The van der Waals surface area contributed by atoms with Crippen LogP contribution >= 0.6 is 11.3 Å². The first kappa shape index (κ1) is 20.0. The molecule has 3 heterocycles. The van der Waals surface area contributed by atoms with Gasteiger partial charge in [0.1, 0.15) is 4.83 Å². The smallest absolute Gasteiger partial charge is 0.262 e. The lowest BCUT2D eigenvalue weighted by Gasteiger charge is -2.32. The van der Waals surface area contributed by atoms with Gasteiger partial charge in [0, 0.05) is 50.6 Å². The number of amides is 1. The molecule has 0 aromatic carbocycles. The minimum atomic E-state index is -0.0512. The van der Waals surface area contributed by atoms with Gasteiger partial charge in [-0.1, -0.05) is 0 Å². The Morgan fingerprint density at radius 2 is 1.96 bits per heavy atom. The lowest BCUT2D eigenvalue weighted by Crippen LogP contribution is -2.45. The average Bonchev–Trinajstić information content (AvgIpc) is 2.94. The van der Waals surface area contributed by atoms with E-state index in [0.717, 1.165) is 54.4 Å². The van der Waals surface area contributed by atoms with Gasteiger partial charge >= 0.3 is 0 Å². The second-order valence-corrected chi connectivity index (χ2v) is 8.51. The van der Waals surface area contributed by atoms with Gasteiger partial charge in [-0.15, -0.1) is 11.3 Å². The third-order valence-electron chi connectivity index (χ3n) is 5.30. The molecule has 1 saturated heterocycles. The summed E-state index contributed by atoms with van der Waals surface area (Å²) in [6.07, 6.45) is 2.81. The summed E-state index contributed by atoms with van der Waals surface area (Å²) in [6.45, 7) is 10.4. The molecule has 0 unspecified atom stereocenters. The predicted octanol–water partition coefficient (Wildman–Crippen LogP) is 1.22. The highest BCUT2D eigenvalue weighted by atomic mass is 32.1. The van der Waals surface area contributed by atoms with E-state index in [1.165, 1.54) is 0 Å². The van der Waals surface area contributed by atoms with Crippen LogP contribution in [0.1, 0.15) is 23.3 Å². The lowest BCUT2D eigenvalue weighted by atomic mass is 10.2. The molecule has 0 saturated carbocycles. The number of thiophene rings is 1. The van der Waals surface area contributed by atoms with Crippen molar-refractivity contribution in [1.29, 1.82) is 0 Å². The molecule has 0 atom stereocenters. The SMILES string of the molecule is Cc1sc2ncn(CCC(=O)NCCCN3CCN(C)CC3)c(=O)c2c1C. The van der Waals surface area contributed by atoms with Gasteiger partial charge in [0.2, 0.25) is 5.91 Å². The number of hydrogen-bond donors (Lipinski definition) is 1. The van der Waals surface area contributed by atoms with Crippen LogP contribution in [0.5, 0.6) is 0 Å². The van der Waals surface area contributed by atoms with Gasteiger partial charge in [-0.25, -0.2) is 4.98 Å². The van der Waals surface area contributed by atoms with Crippen LogP contribution in [0, 0.1) is 13.8 Å². The first-order valence-electron chi connectivity index (χ1n) is 9.58. The van der Waals surface area contributed by atoms with E-state index < -0.39 is 0 Å². The van der Waals surface area contributed by atoms with E-state index in [4.69, 9.17) is 0 Å². The summed E-state index contributed by atoms with van der Waals surface area (Å²) >= 11 is 1.54. The molecule has 1 amide bonds. The summed E-state index contributed by atoms with van der Waals surface area (Å²) in [5.41, 5.74) is 0.944. The quantitative estimate of drug-likeness (QED) is 0.719. The van der Waals surface area contributed by atoms with Crippen LogP contribution in [-0.2, 0) is 11.3 Å². The van der Waals surface area contributed by atoms with Gasteiger partial charge < -0.3 is 15.1 Å². The molecule has 27 heavy (non-hydrogen) atoms. The number of aromatic nitrogens is 2. The Morgan fingerprint density at radius 3 is 2.70 bits per heavy atom. The number of aryl methyl sites for hydroxylation is 3. The third-order valence-corrected chi connectivity index (χ3v) is 6.42. The van der Waals surface area contributed by atoms with Crippen LogP contribution in [-0.4, -0.2) is 71.6 Å². The second-order valence-electron chi connectivity index (χ2n) is 7.30. The van der Waals surface area contributed by atoms with Crippen molar-refractivity contribution in [1.82, 2.24) is 24.7 Å². The van der Waals surface area contributed by atoms with E-state index in [1.54, 1.807) is 22.2 Å². The number of hydrogen-bond acceptors (Lipinski definition) is 6. The van der Waals surface area contributed by atoms with Crippen molar-refractivity contribution in [3.05, 3.63) is 27.1 Å². The Balaban J connectivity index is 1.43. The van der Waals surface area contributed by atoms with Crippen molar-refractivity contribution in [3.63, 3.8) is 0 Å². The van der Waals surface area contributed by atoms with Crippen LogP contribution < -0.4 is 10.9 Å². The van der Waals surface area contributed by atoms with Gasteiger partial charge in [0.25, 0.3) is 5.56 Å². The van der Waals surface area contributed by atoms with Crippen molar-refractivity contribution >= 4 is 27.5 Å². The summed E-state index contributed by atoms with van der Waals surface area (Å²) in [5.74, 6) is -0.0152. The molecule has 1 fully saturated rings. The Hall–Kier alpha value is -1.77. The maximum atomic E-state index is 12.6. The summed E-state index contributed by atoms with van der Waals surface area (Å²) in [4.78, 5) is 35.8.